The van der Waals surface area contributed by atoms with Crippen LogP contribution in [0.1, 0.15) is 45.4 Å². The molecule has 6 nitrogen and oxygen atoms in total. The van der Waals surface area contributed by atoms with E-state index in [1.54, 1.807) is 40.2 Å². The Balaban J connectivity index is 2.25. The van der Waals surface area contributed by atoms with Crippen LogP contribution in [0.2, 0.25) is 0 Å². The van der Waals surface area contributed by atoms with Gasteiger partial charge in [-0.25, -0.2) is 9.59 Å². The van der Waals surface area contributed by atoms with E-state index in [-0.39, 0.29) is 24.6 Å². The summed E-state index contributed by atoms with van der Waals surface area (Å²) in [6, 6.07) is 5.26. The van der Waals surface area contributed by atoms with Crippen molar-refractivity contribution in [2.75, 3.05) is 27.4 Å². The van der Waals surface area contributed by atoms with Gasteiger partial charge in [0.05, 0.1) is 47.7 Å². The summed E-state index contributed by atoms with van der Waals surface area (Å²) in [4.78, 5) is 26.5. The number of esters is 2. The minimum atomic E-state index is -0.454. The normalized spacial score (nSPS) is 17.7. The third-order valence-corrected chi connectivity index (χ3v) is 6.70. The van der Waals surface area contributed by atoms with Crippen molar-refractivity contribution in [3.05, 3.63) is 51.8 Å². The first-order chi connectivity index (χ1) is 14.5. The van der Waals surface area contributed by atoms with E-state index in [1.165, 1.54) is 23.1 Å². The maximum absolute atomic E-state index is 12.9. The van der Waals surface area contributed by atoms with E-state index in [9.17, 15) is 9.59 Å². The Morgan fingerprint density at radius 1 is 1.03 bits per heavy atom. The van der Waals surface area contributed by atoms with Gasteiger partial charge in [0, 0.05) is 12.7 Å². The third kappa shape index (κ3) is 4.40. The van der Waals surface area contributed by atoms with Crippen LogP contribution >= 0.6 is 23.1 Å². The van der Waals surface area contributed by atoms with Crippen molar-refractivity contribution in [2.45, 2.75) is 25.2 Å². The van der Waals surface area contributed by atoms with Gasteiger partial charge >= 0.3 is 11.9 Å². The highest BCUT2D eigenvalue weighted by molar-refractivity contribution is 8.02. The molecule has 0 saturated carbocycles. The molecule has 1 aromatic heterocycles. The lowest BCUT2D eigenvalue weighted by atomic mass is 9.93. The molecule has 0 radical (unpaired) electrons. The number of methoxy groups -OCH3 is 2. The van der Waals surface area contributed by atoms with Crippen molar-refractivity contribution in [3.63, 3.8) is 0 Å². The fourth-order valence-electron chi connectivity index (χ4n) is 3.30. The van der Waals surface area contributed by atoms with E-state index < -0.39 is 11.9 Å². The highest BCUT2D eigenvalue weighted by Gasteiger charge is 2.32. The number of hydrogen-bond acceptors (Lipinski definition) is 8. The average molecular weight is 449 g/mol. The van der Waals surface area contributed by atoms with E-state index >= 15 is 0 Å². The maximum Gasteiger partial charge on any atom is 0.338 e. The summed E-state index contributed by atoms with van der Waals surface area (Å²) in [5.74, 6) is -0.272. The van der Waals surface area contributed by atoms with Gasteiger partial charge in [0.15, 0.2) is 0 Å². The lowest BCUT2D eigenvalue weighted by Gasteiger charge is -2.22. The number of ether oxygens (including phenoxy) is 4. The van der Waals surface area contributed by atoms with Crippen LogP contribution in [0.25, 0.3) is 10.4 Å². The zero-order chi connectivity index (χ0) is 21.7. The topological polar surface area (TPSA) is 71.1 Å². The molecule has 0 N–H and O–H groups in total. The van der Waals surface area contributed by atoms with Gasteiger partial charge in [0.2, 0.25) is 0 Å². The zero-order valence-electron chi connectivity index (χ0n) is 17.3. The molecule has 0 aliphatic carbocycles. The molecule has 0 fully saturated rings. The second-order valence-corrected chi connectivity index (χ2v) is 8.30. The second-order valence-electron chi connectivity index (χ2n) is 6.33. The molecule has 8 heteroatoms. The van der Waals surface area contributed by atoms with Gasteiger partial charge in [-0.3, -0.25) is 0 Å². The molecule has 2 unspecified atom stereocenters. The standard InChI is InChI=1S/C22H24O6S2/c1-5-27-21(23)15-11-14(20-18(26-4)8-10-30-20)16(22(24)28-6-2)12-13(15)19-17(25-3)7-9-29-19/h7-12,17,19H,5-6H2,1-4H3. The van der Waals surface area contributed by atoms with Crippen LogP contribution in [-0.4, -0.2) is 45.5 Å². The molecule has 0 spiro atoms. The third-order valence-electron chi connectivity index (χ3n) is 4.64. The Labute approximate surface area is 184 Å². The van der Waals surface area contributed by atoms with Gasteiger partial charge in [-0.05, 0) is 54.5 Å². The molecule has 2 aromatic rings. The molecule has 2 atom stereocenters. The summed E-state index contributed by atoms with van der Waals surface area (Å²) >= 11 is 2.96. The quantitative estimate of drug-likeness (QED) is 0.521. The van der Waals surface area contributed by atoms with Crippen molar-refractivity contribution < 1.29 is 28.5 Å². The minimum Gasteiger partial charge on any atom is -0.495 e. The first-order valence-electron chi connectivity index (χ1n) is 9.54. The number of carbonyl (C=O) groups is 2. The predicted molar refractivity (Wildman–Crippen MR) is 118 cm³/mol. The summed E-state index contributed by atoms with van der Waals surface area (Å²) in [7, 11) is 3.19. The molecule has 30 heavy (non-hydrogen) atoms. The number of carbonyl (C=O) groups excluding carboxylic acids is 2. The predicted octanol–water partition coefficient (Wildman–Crippen LogP) is 5.09. The maximum atomic E-state index is 12.9. The van der Waals surface area contributed by atoms with Crippen molar-refractivity contribution in [1.82, 2.24) is 0 Å². The van der Waals surface area contributed by atoms with Crippen LogP contribution in [0.15, 0.2) is 35.1 Å². The lowest BCUT2D eigenvalue weighted by Crippen LogP contribution is -2.19. The molecule has 0 amide bonds. The van der Waals surface area contributed by atoms with Crippen LogP contribution in [0.5, 0.6) is 5.75 Å². The van der Waals surface area contributed by atoms with E-state index in [0.717, 1.165) is 4.88 Å². The van der Waals surface area contributed by atoms with Crippen LogP contribution in [0.4, 0.5) is 0 Å². The summed E-state index contributed by atoms with van der Waals surface area (Å²) in [5.41, 5.74) is 2.04. The van der Waals surface area contributed by atoms with Crippen LogP contribution in [0, 0.1) is 0 Å². The Hall–Kier alpha value is -2.29. The molecule has 3 rings (SSSR count). The Kier molecular flexibility index (Phi) is 7.58. The molecule has 2 heterocycles. The van der Waals surface area contributed by atoms with Gasteiger partial charge in [-0.1, -0.05) is 0 Å². The molecular formula is C22H24O6S2. The Morgan fingerprint density at radius 3 is 2.37 bits per heavy atom. The Morgan fingerprint density at radius 2 is 1.73 bits per heavy atom. The van der Waals surface area contributed by atoms with E-state index in [0.29, 0.717) is 28.0 Å². The molecule has 1 aliphatic heterocycles. The summed E-state index contributed by atoms with van der Waals surface area (Å²) in [6.45, 7) is 4.01. The Bertz CT molecular complexity index is 949. The monoisotopic (exact) mass is 448 g/mol. The number of thioether (sulfide) groups is 1. The number of thiophene rings is 1. The zero-order valence-corrected chi connectivity index (χ0v) is 18.9. The number of benzene rings is 1. The van der Waals surface area contributed by atoms with Crippen molar-refractivity contribution in [2.24, 2.45) is 0 Å². The van der Waals surface area contributed by atoms with Crippen LogP contribution in [0.3, 0.4) is 0 Å². The number of hydrogen-bond donors (Lipinski definition) is 0. The molecule has 1 aromatic carbocycles. The summed E-state index contributed by atoms with van der Waals surface area (Å²) in [5, 5.41) is 3.63. The fraction of sp³-hybridized carbons (Fsp3) is 0.364. The van der Waals surface area contributed by atoms with Crippen molar-refractivity contribution >= 4 is 35.0 Å². The first-order valence-corrected chi connectivity index (χ1v) is 11.4. The fourth-order valence-corrected chi connectivity index (χ4v) is 5.30. The molecule has 0 bridgehead atoms. The van der Waals surface area contributed by atoms with Gasteiger partial charge in [-0.15, -0.1) is 23.1 Å². The van der Waals surface area contributed by atoms with Crippen LogP contribution < -0.4 is 4.74 Å². The van der Waals surface area contributed by atoms with E-state index in [2.05, 4.69) is 0 Å². The largest absolute Gasteiger partial charge is 0.495 e. The van der Waals surface area contributed by atoms with Crippen molar-refractivity contribution in [3.8, 4) is 16.2 Å². The first kappa shape index (κ1) is 22.4. The summed E-state index contributed by atoms with van der Waals surface area (Å²) in [6.07, 6.45) is 1.71. The SMILES string of the molecule is CCOC(=O)c1cc(C2SC=CC2OC)c(C(=O)OCC)cc1-c1sccc1OC. The number of rotatable bonds is 8. The van der Waals surface area contributed by atoms with Gasteiger partial charge in [0.1, 0.15) is 5.75 Å². The van der Waals surface area contributed by atoms with Crippen LogP contribution in [-0.2, 0) is 14.2 Å². The van der Waals surface area contributed by atoms with E-state index in [1.807, 2.05) is 22.9 Å². The minimum absolute atomic E-state index is 0.179. The average Bonchev–Trinajstić information content (AvgIpc) is 3.42. The molecule has 160 valence electrons. The molecule has 0 saturated heterocycles. The molecule has 1 aliphatic rings. The van der Waals surface area contributed by atoms with Gasteiger partial charge < -0.3 is 18.9 Å². The summed E-state index contributed by atoms with van der Waals surface area (Å²) < 4.78 is 21.7. The van der Waals surface area contributed by atoms with Crippen molar-refractivity contribution in [1.29, 1.82) is 0 Å². The highest BCUT2D eigenvalue weighted by Crippen LogP contribution is 2.45. The highest BCUT2D eigenvalue weighted by atomic mass is 32.2. The second kappa shape index (κ2) is 10.1. The lowest BCUT2D eigenvalue weighted by molar-refractivity contribution is 0.0510. The van der Waals surface area contributed by atoms with E-state index in [4.69, 9.17) is 18.9 Å². The van der Waals surface area contributed by atoms with Gasteiger partial charge in [-0.2, -0.15) is 0 Å². The smallest absolute Gasteiger partial charge is 0.338 e. The van der Waals surface area contributed by atoms with Gasteiger partial charge in [0.25, 0.3) is 0 Å². The molecular weight excluding hydrogens is 424 g/mol.